The van der Waals surface area contributed by atoms with Crippen LogP contribution in [0.25, 0.3) is 0 Å². The van der Waals surface area contributed by atoms with Gasteiger partial charge in [0.25, 0.3) is 0 Å². The molecular weight excluding hydrogens is 276 g/mol. The number of rotatable bonds is 5. The summed E-state index contributed by atoms with van der Waals surface area (Å²) in [6.07, 6.45) is 0. The maximum absolute atomic E-state index is 5.15. The van der Waals surface area contributed by atoms with E-state index in [1.807, 2.05) is 62.4 Å². The van der Waals surface area contributed by atoms with E-state index >= 15 is 0 Å². The molecule has 2 aromatic carbocycles. The van der Waals surface area contributed by atoms with Gasteiger partial charge in [0.2, 0.25) is 0 Å². The molecule has 0 amide bonds. The number of hydrogen-bond donors (Lipinski definition) is 0. The van der Waals surface area contributed by atoms with Crippen LogP contribution in [0.4, 0.5) is 0 Å². The van der Waals surface area contributed by atoms with Crippen molar-refractivity contribution in [3.05, 3.63) is 59.7 Å². The third-order valence-corrected chi connectivity index (χ3v) is 3.37. The molecule has 0 radical (unpaired) electrons. The summed E-state index contributed by atoms with van der Waals surface area (Å²) in [7, 11) is 3.30. The SMILES string of the molecule is COc1ccc(/C(C)=N\N=C(/C)c2ccc(OC)cc2)cc1. The second-order valence-corrected chi connectivity index (χ2v) is 4.83. The smallest absolute Gasteiger partial charge is 0.118 e. The van der Waals surface area contributed by atoms with Crippen LogP contribution in [0.5, 0.6) is 11.5 Å². The highest BCUT2D eigenvalue weighted by Crippen LogP contribution is 2.13. The van der Waals surface area contributed by atoms with E-state index in [1.165, 1.54) is 0 Å². The minimum Gasteiger partial charge on any atom is -0.497 e. The molecule has 114 valence electrons. The molecule has 0 saturated heterocycles. The molecule has 0 aliphatic heterocycles. The van der Waals surface area contributed by atoms with Gasteiger partial charge in [-0.25, -0.2) is 0 Å². The number of hydrogen-bond acceptors (Lipinski definition) is 4. The van der Waals surface area contributed by atoms with E-state index in [-0.39, 0.29) is 0 Å². The summed E-state index contributed by atoms with van der Waals surface area (Å²) in [6.45, 7) is 3.87. The Balaban J connectivity index is 2.15. The zero-order chi connectivity index (χ0) is 15.9. The van der Waals surface area contributed by atoms with Crippen molar-refractivity contribution >= 4 is 11.4 Å². The van der Waals surface area contributed by atoms with E-state index < -0.39 is 0 Å². The maximum atomic E-state index is 5.15. The summed E-state index contributed by atoms with van der Waals surface area (Å²) < 4.78 is 10.3. The summed E-state index contributed by atoms with van der Waals surface area (Å²) in [6, 6.07) is 15.5. The van der Waals surface area contributed by atoms with Crippen LogP contribution in [-0.4, -0.2) is 25.6 Å². The van der Waals surface area contributed by atoms with Gasteiger partial charge in [-0.1, -0.05) is 0 Å². The molecule has 0 aliphatic carbocycles. The average Bonchev–Trinajstić information content (AvgIpc) is 2.59. The first-order valence-electron chi connectivity index (χ1n) is 7.01. The zero-order valence-electron chi connectivity index (χ0n) is 13.3. The van der Waals surface area contributed by atoms with E-state index in [4.69, 9.17) is 9.47 Å². The second-order valence-electron chi connectivity index (χ2n) is 4.83. The van der Waals surface area contributed by atoms with Crippen LogP contribution < -0.4 is 9.47 Å². The summed E-state index contributed by atoms with van der Waals surface area (Å²) in [5.41, 5.74) is 3.75. The van der Waals surface area contributed by atoms with Crippen LogP contribution in [0.3, 0.4) is 0 Å². The van der Waals surface area contributed by atoms with Crippen LogP contribution in [0.2, 0.25) is 0 Å². The van der Waals surface area contributed by atoms with Crippen molar-refractivity contribution in [1.82, 2.24) is 0 Å². The molecule has 22 heavy (non-hydrogen) atoms. The van der Waals surface area contributed by atoms with Crippen molar-refractivity contribution in [3.8, 4) is 11.5 Å². The maximum Gasteiger partial charge on any atom is 0.118 e. The predicted octanol–water partition coefficient (Wildman–Crippen LogP) is 3.94. The van der Waals surface area contributed by atoms with Gasteiger partial charge in [-0.05, 0) is 73.5 Å². The van der Waals surface area contributed by atoms with Crippen LogP contribution in [0, 0.1) is 0 Å². The second kappa shape index (κ2) is 7.41. The van der Waals surface area contributed by atoms with Gasteiger partial charge >= 0.3 is 0 Å². The van der Waals surface area contributed by atoms with Crippen LogP contribution in [0.1, 0.15) is 25.0 Å². The van der Waals surface area contributed by atoms with Gasteiger partial charge in [0.15, 0.2) is 0 Å². The Morgan fingerprint density at radius 3 is 1.23 bits per heavy atom. The molecule has 0 spiro atoms. The normalized spacial score (nSPS) is 12.2. The van der Waals surface area contributed by atoms with E-state index in [0.717, 1.165) is 34.0 Å². The van der Waals surface area contributed by atoms with E-state index in [0.29, 0.717) is 0 Å². The molecule has 4 heteroatoms. The topological polar surface area (TPSA) is 43.2 Å². The van der Waals surface area contributed by atoms with Gasteiger partial charge in [0, 0.05) is 0 Å². The first-order chi connectivity index (χ1) is 10.6. The van der Waals surface area contributed by atoms with Gasteiger partial charge < -0.3 is 9.47 Å². The van der Waals surface area contributed by atoms with Gasteiger partial charge in [-0.2, -0.15) is 10.2 Å². The van der Waals surface area contributed by atoms with Crippen LogP contribution >= 0.6 is 0 Å². The molecule has 0 atom stereocenters. The minimum atomic E-state index is 0.828. The third kappa shape index (κ3) is 3.95. The molecule has 0 aliphatic rings. The largest absolute Gasteiger partial charge is 0.497 e. The lowest BCUT2D eigenvalue weighted by Crippen LogP contribution is -1.97. The standard InChI is InChI=1S/C18H20N2O2/c1-13(15-5-9-17(21-3)10-6-15)19-20-14(2)16-7-11-18(22-4)12-8-16/h5-12H,1-4H3/b19-13-,20-14+. The lowest BCUT2D eigenvalue weighted by molar-refractivity contribution is 0.414. The monoisotopic (exact) mass is 296 g/mol. The molecule has 4 nitrogen and oxygen atoms in total. The van der Waals surface area contributed by atoms with Gasteiger partial charge in [-0.3, -0.25) is 0 Å². The van der Waals surface area contributed by atoms with Crippen molar-refractivity contribution in [2.75, 3.05) is 14.2 Å². The molecule has 2 rings (SSSR count). The molecule has 0 saturated carbocycles. The quantitative estimate of drug-likeness (QED) is 0.619. The van der Waals surface area contributed by atoms with Gasteiger partial charge in [0.05, 0.1) is 25.6 Å². The number of ether oxygens (including phenoxy) is 2. The fourth-order valence-corrected chi connectivity index (χ4v) is 1.93. The molecular formula is C18H20N2O2. The van der Waals surface area contributed by atoms with Gasteiger partial charge in [0.1, 0.15) is 11.5 Å². The lowest BCUT2D eigenvalue weighted by atomic mass is 10.1. The van der Waals surface area contributed by atoms with Crippen molar-refractivity contribution in [2.24, 2.45) is 10.2 Å². The van der Waals surface area contributed by atoms with Crippen LogP contribution in [0.15, 0.2) is 58.7 Å². The summed E-state index contributed by atoms with van der Waals surface area (Å²) in [4.78, 5) is 0. The Labute approximate surface area is 131 Å². The van der Waals surface area contributed by atoms with Gasteiger partial charge in [-0.15, -0.1) is 0 Å². The Hall–Kier alpha value is -2.62. The number of nitrogens with zero attached hydrogens (tertiary/aromatic N) is 2. The van der Waals surface area contributed by atoms with E-state index in [9.17, 15) is 0 Å². The average molecular weight is 296 g/mol. The molecule has 0 heterocycles. The third-order valence-electron chi connectivity index (χ3n) is 3.37. The van der Waals surface area contributed by atoms with Crippen LogP contribution in [-0.2, 0) is 0 Å². The van der Waals surface area contributed by atoms with E-state index in [1.54, 1.807) is 14.2 Å². The highest BCUT2D eigenvalue weighted by molar-refractivity contribution is 6.01. The molecule has 0 unspecified atom stereocenters. The molecule has 2 aromatic rings. The fourth-order valence-electron chi connectivity index (χ4n) is 1.93. The van der Waals surface area contributed by atoms with Crippen molar-refractivity contribution in [2.45, 2.75) is 13.8 Å². The first kappa shape index (κ1) is 15.8. The lowest BCUT2D eigenvalue weighted by Gasteiger charge is -2.03. The Morgan fingerprint density at radius 1 is 0.636 bits per heavy atom. The van der Waals surface area contributed by atoms with Crippen molar-refractivity contribution < 1.29 is 9.47 Å². The molecule has 0 fully saturated rings. The predicted molar refractivity (Wildman–Crippen MR) is 90.4 cm³/mol. The highest BCUT2D eigenvalue weighted by atomic mass is 16.5. The minimum absolute atomic E-state index is 0.828. The Kier molecular flexibility index (Phi) is 5.31. The fraction of sp³-hybridized carbons (Fsp3) is 0.222. The number of benzene rings is 2. The first-order valence-corrected chi connectivity index (χ1v) is 7.01. The van der Waals surface area contributed by atoms with E-state index in [2.05, 4.69) is 10.2 Å². The molecule has 0 aromatic heterocycles. The summed E-state index contributed by atoms with van der Waals surface area (Å²) in [5.74, 6) is 1.66. The van der Waals surface area contributed by atoms with Crippen molar-refractivity contribution in [3.63, 3.8) is 0 Å². The zero-order valence-corrected chi connectivity index (χ0v) is 13.3. The highest BCUT2D eigenvalue weighted by Gasteiger charge is 2.00. The molecule has 0 bridgehead atoms. The Morgan fingerprint density at radius 2 is 0.955 bits per heavy atom. The van der Waals surface area contributed by atoms with Crippen molar-refractivity contribution in [1.29, 1.82) is 0 Å². The Bertz CT molecular complexity index is 610. The summed E-state index contributed by atoms with van der Waals surface area (Å²) in [5, 5.41) is 8.60. The number of methoxy groups -OCH3 is 2. The molecule has 0 N–H and O–H groups in total. The summed E-state index contributed by atoms with van der Waals surface area (Å²) >= 11 is 0.